The topological polar surface area (TPSA) is 46.1 Å². The molecule has 4 nitrogen and oxygen atoms in total. The summed E-state index contributed by atoms with van der Waals surface area (Å²) in [5.41, 5.74) is 4.50. The molecular formula is C26H23N3OS. The lowest BCUT2D eigenvalue weighted by molar-refractivity contribution is -0.131. The molecule has 0 aliphatic carbocycles. The van der Waals surface area contributed by atoms with E-state index in [0.29, 0.717) is 6.54 Å². The lowest BCUT2D eigenvalue weighted by Gasteiger charge is -2.30. The van der Waals surface area contributed by atoms with E-state index in [1.165, 1.54) is 22.9 Å². The second-order valence-corrected chi connectivity index (χ2v) is 9.13. The standard InChI is InChI=1S/C26H23N3OS/c1-18(26(30)29-16-15-19-9-5-6-12-21(19)17-29)31-25-23-14-8-7-13-22(23)24(27-28-25)20-10-3-2-4-11-20/h2-14,18H,15-17H2,1H3. The average molecular weight is 426 g/mol. The molecule has 0 saturated carbocycles. The van der Waals surface area contributed by atoms with Crippen LogP contribution in [-0.2, 0) is 17.8 Å². The lowest BCUT2D eigenvalue weighted by Crippen LogP contribution is -2.40. The van der Waals surface area contributed by atoms with E-state index in [9.17, 15) is 4.79 Å². The molecule has 1 aliphatic rings. The maximum atomic E-state index is 13.2. The number of thioether (sulfide) groups is 1. The van der Waals surface area contributed by atoms with E-state index in [0.717, 1.165) is 40.0 Å². The summed E-state index contributed by atoms with van der Waals surface area (Å²) in [5.74, 6) is 0.150. The summed E-state index contributed by atoms with van der Waals surface area (Å²) in [6.45, 7) is 3.41. The van der Waals surface area contributed by atoms with Crippen molar-refractivity contribution < 1.29 is 4.79 Å². The van der Waals surface area contributed by atoms with Gasteiger partial charge in [0.2, 0.25) is 5.91 Å². The fourth-order valence-corrected chi connectivity index (χ4v) is 5.11. The van der Waals surface area contributed by atoms with Crippen molar-refractivity contribution in [1.29, 1.82) is 0 Å². The second kappa shape index (κ2) is 8.52. The van der Waals surface area contributed by atoms with Crippen LogP contribution in [0.25, 0.3) is 22.0 Å². The molecule has 0 radical (unpaired) electrons. The predicted octanol–water partition coefficient (Wildman–Crippen LogP) is 5.36. The van der Waals surface area contributed by atoms with Crippen molar-refractivity contribution in [2.75, 3.05) is 6.54 Å². The van der Waals surface area contributed by atoms with Gasteiger partial charge in [-0.05, 0) is 24.5 Å². The Bertz CT molecular complexity index is 1240. The van der Waals surface area contributed by atoms with E-state index in [4.69, 9.17) is 0 Å². The van der Waals surface area contributed by atoms with Crippen molar-refractivity contribution in [3.8, 4) is 11.3 Å². The molecule has 1 amide bonds. The van der Waals surface area contributed by atoms with Crippen LogP contribution in [0.4, 0.5) is 0 Å². The molecule has 5 rings (SSSR count). The second-order valence-electron chi connectivity index (χ2n) is 7.80. The van der Waals surface area contributed by atoms with Crippen LogP contribution in [0.5, 0.6) is 0 Å². The predicted molar refractivity (Wildman–Crippen MR) is 126 cm³/mol. The first kappa shape index (κ1) is 19.8. The first-order valence-electron chi connectivity index (χ1n) is 10.5. The van der Waals surface area contributed by atoms with Crippen LogP contribution in [0.1, 0.15) is 18.1 Å². The molecule has 2 heterocycles. The molecule has 0 N–H and O–H groups in total. The van der Waals surface area contributed by atoms with Crippen molar-refractivity contribution >= 4 is 28.4 Å². The highest BCUT2D eigenvalue weighted by atomic mass is 32.2. The highest BCUT2D eigenvalue weighted by molar-refractivity contribution is 8.00. The summed E-state index contributed by atoms with van der Waals surface area (Å²) in [7, 11) is 0. The quantitative estimate of drug-likeness (QED) is 0.413. The van der Waals surface area contributed by atoms with Gasteiger partial charge >= 0.3 is 0 Å². The molecule has 1 aliphatic heterocycles. The normalized spacial score (nSPS) is 14.3. The molecule has 154 valence electrons. The molecule has 31 heavy (non-hydrogen) atoms. The number of aromatic nitrogens is 2. The van der Waals surface area contributed by atoms with Gasteiger partial charge in [-0.15, -0.1) is 10.2 Å². The van der Waals surface area contributed by atoms with Crippen LogP contribution in [0, 0.1) is 0 Å². The molecule has 0 saturated heterocycles. The molecule has 0 fully saturated rings. The smallest absolute Gasteiger partial charge is 0.236 e. The van der Waals surface area contributed by atoms with Crippen molar-refractivity contribution in [3.05, 3.63) is 90.0 Å². The van der Waals surface area contributed by atoms with Crippen LogP contribution in [0.3, 0.4) is 0 Å². The number of nitrogens with zero attached hydrogens (tertiary/aromatic N) is 3. The Balaban J connectivity index is 1.40. The Hall–Kier alpha value is -3.18. The molecule has 1 aromatic heterocycles. The molecule has 5 heteroatoms. The van der Waals surface area contributed by atoms with Crippen LogP contribution in [0.15, 0.2) is 83.9 Å². The minimum absolute atomic E-state index is 0.150. The Labute approximate surface area is 186 Å². The Morgan fingerprint density at radius 3 is 2.35 bits per heavy atom. The van der Waals surface area contributed by atoms with Gasteiger partial charge in [-0.3, -0.25) is 4.79 Å². The van der Waals surface area contributed by atoms with Crippen LogP contribution in [-0.4, -0.2) is 32.8 Å². The van der Waals surface area contributed by atoms with E-state index in [-0.39, 0.29) is 11.2 Å². The SMILES string of the molecule is CC(Sc1nnc(-c2ccccc2)c2ccccc12)C(=O)N1CCc2ccccc2C1. The third-order valence-electron chi connectivity index (χ3n) is 5.78. The summed E-state index contributed by atoms with van der Waals surface area (Å²) in [6.07, 6.45) is 0.911. The summed E-state index contributed by atoms with van der Waals surface area (Å²) in [5, 5.41) is 11.7. The summed E-state index contributed by atoms with van der Waals surface area (Å²) >= 11 is 1.50. The largest absolute Gasteiger partial charge is 0.337 e. The maximum absolute atomic E-state index is 13.2. The summed E-state index contributed by atoms with van der Waals surface area (Å²) < 4.78 is 0. The number of benzene rings is 3. The van der Waals surface area contributed by atoms with Gasteiger partial charge in [0.05, 0.1) is 5.25 Å². The molecule has 0 bridgehead atoms. The van der Waals surface area contributed by atoms with Gasteiger partial charge in [-0.2, -0.15) is 0 Å². The van der Waals surface area contributed by atoms with E-state index in [1.54, 1.807) is 0 Å². The minimum atomic E-state index is -0.231. The van der Waals surface area contributed by atoms with Gasteiger partial charge in [0.1, 0.15) is 10.7 Å². The Morgan fingerprint density at radius 1 is 0.871 bits per heavy atom. The van der Waals surface area contributed by atoms with Gasteiger partial charge in [0.15, 0.2) is 0 Å². The van der Waals surface area contributed by atoms with Crippen LogP contribution >= 0.6 is 11.8 Å². The zero-order valence-electron chi connectivity index (χ0n) is 17.4. The van der Waals surface area contributed by atoms with Gasteiger partial charge in [-0.25, -0.2) is 0 Å². The van der Waals surface area contributed by atoms with E-state index >= 15 is 0 Å². The Morgan fingerprint density at radius 2 is 1.55 bits per heavy atom. The Kier molecular flexibility index (Phi) is 5.43. The third-order valence-corrected chi connectivity index (χ3v) is 6.86. The number of hydrogen-bond donors (Lipinski definition) is 0. The number of amides is 1. The summed E-state index contributed by atoms with van der Waals surface area (Å²) in [6, 6.07) is 26.7. The monoisotopic (exact) mass is 425 g/mol. The number of carbonyl (C=O) groups excluding carboxylic acids is 1. The fraction of sp³-hybridized carbons (Fsp3) is 0.192. The minimum Gasteiger partial charge on any atom is -0.337 e. The summed E-state index contributed by atoms with van der Waals surface area (Å²) in [4.78, 5) is 15.2. The zero-order valence-corrected chi connectivity index (χ0v) is 18.2. The number of hydrogen-bond acceptors (Lipinski definition) is 4. The van der Waals surface area contributed by atoms with Gasteiger partial charge in [0, 0.05) is 29.4 Å². The van der Waals surface area contributed by atoms with Gasteiger partial charge in [-0.1, -0.05) is 90.6 Å². The molecular weight excluding hydrogens is 402 g/mol. The van der Waals surface area contributed by atoms with E-state index in [2.05, 4.69) is 40.5 Å². The first-order chi connectivity index (χ1) is 15.2. The van der Waals surface area contributed by atoms with Crippen molar-refractivity contribution in [2.45, 2.75) is 30.2 Å². The maximum Gasteiger partial charge on any atom is 0.236 e. The number of fused-ring (bicyclic) bond motifs is 2. The molecule has 0 spiro atoms. The molecule has 1 unspecified atom stereocenters. The molecule has 4 aromatic rings. The molecule has 3 aromatic carbocycles. The van der Waals surface area contributed by atoms with Gasteiger partial charge in [0.25, 0.3) is 0 Å². The average Bonchev–Trinajstić information content (AvgIpc) is 2.84. The van der Waals surface area contributed by atoms with Crippen molar-refractivity contribution in [1.82, 2.24) is 15.1 Å². The van der Waals surface area contributed by atoms with Crippen molar-refractivity contribution in [3.63, 3.8) is 0 Å². The highest BCUT2D eigenvalue weighted by Gasteiger charge is 2.26. The zero-order chi connectivity index (χ0) is 21.2. The number of carbonyl (C=O) groups is 1. The highest BCUT2D eigenvalue weighted by Crippen LogP contribution is 2.34. The first-order valence-corrected chi connectivity index (χ1v) is 11.4. The fourth-order valence-electron chi connectivity index (χ4n) is 4.13. The van der Waals surface area contributed by atoms with Crippen LogP contribution < -0.4 is 0 Å². The van der Waals surface area contributed by atoms with Gasteiger partial charge < -0.3 is 4.90 Å². The third kappa shape index (κ3) is 3.93. The van der Waals surface area contributed by atoms with Crippen LogP contribution in [0.2, 0.25) is 0 Å². The molecule has 1 atom stereocenters. The number of rotatable bonds is 4. The van der Waals surface area contributed by atoms with Crippen molar-refractivity contribution in [2.24, 2.45) is 0 Å². The van der Waals surface area contributed by atoms with E-state index in [1.807, 2.05) is 60.4 Å². The lowest BCUT2D eigenvalue weighted by atomic mass is 10.00. The van der Waals surface area contributed by atoms with E-state index < -0.39 is 0 Å².